The molecule has 1 N–H and O–H groups in total. The van der Waals surface area contributed by atoms with E-state index in [1.807, 2.05) is 12.1 Å². The first-order valence-corrected chi connectivity index (χ1v) is 8.30. The summed E-state index contributed by atoms with van der Waals surface area (Å²) in [7, 11) is 0. The molecule has 1 amide bonds. The molecular weight excluding hydrogens is 314 g/mol. The Kier molecular flexibility index (Phi) is 3.83. The van der Waals surface area contributed by atoms with Gasteiger partial charge >= 0.3 is 5.91 Å². The number of fused-ring (bicyclic) bond motifs is 2. The summed E-state index contributed by atoms with van der Waals surface area (Å²) < 4.78 is 5.60. The highest BCUT2D eigenvalue weighted by molar-refractivity contribution is 6.30. The summed E-state index contributed by atoms with van der Waals surface area (Å²) in [4.78, 5) is 18.9. The number of rotatable bonds is 3. The largest absolute Gasteiger partial charge is 0.432 e. The number of oxazole rings is 1. The van der Waals surface area contributed by atoms with Crippen LogP contribution in [0, 0.1) is 5.92 Å². The first kappa shape index (κ1) is 14.7. The fourth-order valence-corrected chi connectivity index (χ4v) is 3.76. The molecule has 6 heteroatoms. The van der Waals surface area contributed by atoms with Gasteiger partial charge in [-0.05, 0) is 37.4 Å². The molecule has 3 atom stereocenters. The van der Waals surface area contributed by atoms with E-state index in [0.29, 0.717) is 16.7 Å². The van der Waals surface area contributed by atoms with Crippen LogP contribution >= 0.6 is 11.6 Å². The molecule has 0 aliphatic carbocycles. The minimum Gasteiger partial charge on any atom is -0.432 e. The summed E-state index contributed by atoms with van der Waals surface area (Å²) in [5, 5.41) is 3.67. The molecule has 2 fully saturated rings. The van der Waals surface area contributed by atoms with Crippen molar-refractivity contribution in [3.05, 3.63) is 41.4 Å². The first-order valence-electron chi connectivity index (χ1n) is 7.92. The molecule has 2 aliphatic rings. The van der Waals surface area contributed by atoms with Crippen LogP contribution in [0.1, 0.15) is 23.5 Å². The second-order valence-corrected chi connectivity index (χ2v) is 6.80. The Hall–Kier alpha value is -1.85. The molecule has 0 spiro atoms. The second-order valence-electron chi connectivity index (χ2n) is 6.36. The van der Waals surface area contributed by atoms with Gasteiger partial charge in [-0.1, -0.05) is 23.7 Å². The minimum absolute atomic E-state index is 0.105. The highest BCUT2D eigenvalue weighted by atomic mass is 35.5. The van der Waals surface area contributed by atoms with Crippen molar-refractivity contribution in [3.8, 4) is 11.3 Å². The second kappa shape index (κ2) is 5.98. The highest BCUT2D eigenvalue weighted by Gasteiger charge is 2.33. The van der Waals surface area contributed by atoms with Crippen molar-refractivity contribution in [1.29, 1.82) is 0 Å². The average molecular weight is 332 g/mol. The Bertz CT molecular complexity index is 718. The van der Waals surface area contributed by atoms with E-state index in [-0.39, 0.29) is 17.8 Å². The number of nitrogens with one attached hydrogen (secondary N) is 1. The van der Waals surface area contributed by atoms with Crippen molar-refractivity contribution >= 4 is 17.5 Å². The zero-order chi connectivity index (χ0) is 15.8. The zero-order valence-electron chi connectivity index (χ0n) is 12.7. The maximum absolute atomic E-state index is 12.3. The van der Waals surface area contributed by atoms with Crippen molar-refractivity contribution in [2.24, 2.45) is 5.92 Å². The Morgan fingerprint density at radius 2 is 2.30 bits per heavy atom. The predicted molar refractivity (Wildman–Crippen MR) is 87.4 cm³/mol. The number of nitrogens with zero attached hydrogens (tertiary/aromatic N) is 2. The molecule has 0 radical (unpaired) electrons. The van der Waals surface area contributed by atoms with Gasteiger partial charge in [-0.25, -0.2) is 4.98 Å². The van der Waals surface area contributed by atoms with E-state index in [9.17, 15) is 4.79 Å². The van der Waals surface area contributed by atoms with E-state index in [4.69, 9.17) is 16.0 Å². The van der Waals surface area contributed by atoms with Gasteiger partial charge in [0.1, 0.15) is 0 Å². The fourth-order valence-electron chi connectivity index (χ4n) is 3.57. The molecule has 1 aromatic heterocycles. The van der Waals surface area contributed by atoms with Gasteiger partial charge < -0.3 is 14.6 Å². The summed E-state index contributed by atoms with van der Waals surface area (Å²) in [5.74, 6) is 1.12. The Morgan fingerprint density at radius 3 is 3.13 bits per heavy atom. The molecule has 2 aromatic rings. The number of carbonyl (C=O) groups is 1. The minimum atomic E-state index is -0.245. The van der Waals surface area contributed by atoms with Gasteiger partial charge in [-0.2, -0.15) is 0 Å². The summed E-state index contributed by atoms with van der Waals surface area (Å²) in [6.45, 7) is 3.24. The monoisotopic (exact) mass is 331 g/mol. The van der Waals surface area contributed by atoms with Gasteiger partial charge in [0.15, 0.2) is 5.76 Å². The van der Waals surface area contributed by atoms with Crippen molar-refractivity contribution in [2.45, 2.75) is 18.9 Å². The number of amides is 1. The maximum Gasteiger partial charge on any atom is 0.307 e. The zero-order valence-corrected chi connectivity index (χ0v) is 13.4. The van der Waals surface area contributed by atoms with Gasteiger partial charge in [-0.3, -0.25) is 4.79 Å². The van der Waals surface area contributed by atoms with Crippen LogP contribution in [0.5, 0.6) is 0 Å². The topological polar surface area (TPSA) is 58.4 Å². The Balaban J connectivity index is 1.45. The average Bonchev–Trinajstić information content (AvgIpc) is 3.14. The van der Waals surface area contributed by atoms with Crippen LogP contribution in [0.2, 0.25) is 5.02 Å². The molecule has 1 aromatic carbocycles. The van der Waals surface area contributed by atoms with Crippen LogP contribution in [0.15, 0.2) is 34.9 Å². The number of piperidine rings is 1. The number of hydrogen-bond acceptors (Lipinski definition) is 4. The van der Waals surface area contributed by atoms with Crippen LogP contribution in [0.3, 0.4) is 0 Å². The van der Waals surface area contributed by atoms with Gasteiger partial charge in [0, 0.05) is 29.7 Å². The fraction of sp³-hybridized carbons (Fsp3) is 0.412. The van der Waals surface area contributed by atoms with Crippen molar-refractivity contribution in [3.63, 3.8) is 0 Å². The highest BCUT2D eigenvalue weighted by Crippen LogP contribution is 2.27. The lowest BCUT2D eigenvalue weighted by atomic mass is 9.97. The number of halogens is 1. The summed E-state index contributed by atoms with van der Waals surface area (Å²) >= 11 is 5.98. The standard InChI is InChI=1S/C17H18ClN3O2/c18-13-3-1-2-12(7-13)15-8-19-17(23-15)16(22)20-14-6-11-4-5-21(9-11)10-14/h1-3,7-8,11,14H,4-6,9-10H2,(H,20,22). The summed E-state index contributed by atoms with van der Waals surface area (Å²) in [6.07, 6.45) is 3.85. The van der Waals surface area contributed by atoms with E-state index >= 15 is 0 Å². The van der Waals surface area contributed by atoms with E-state index in [1.165, 1.54) is 13.0 Å². The summed E-state index contributed by atoms with van der Waals surface area (Å²) in [5.41, 5.74) is 0.811. The molecule has 2 aliphatic heterocycles. The number of aromatic nitrogens is 1. The van der Waals surface area contributed by atoms with Crippen LogP contribution in [0.4, 0.5) is 0 Å². The van der Waals surface area contributed by atoms with E-state index in [1.54, 1.807) is 18.3 Å². The third kappa shape index (κ3) is 3.12. The molecule has 5 nitrogen and oxygen atoms in total. The number of benzene rings is 1. The molecule has 2 bridgehead atoms. The van der Waals surface area contributed by atoms with Gasteiger partial charge in [-0.15, -0.1) is 0 Å². The van der Waals surface area contributed by atoms with Gasteiger partial charge in [0.05, 0.1) is 6.20 Å². The Morgan fingerprint density at radius 1 is 1.39 bits per heavy atom. The van der Waals surface area contributed by atoms with Crippen LogP contribution in [-0.4, -0.2) is 41.5 Å². The predicted octanol–water partition coefficient (Wildman–Crippen LogP) is 2.82. The quantitative estimate of drug-likeness (QED) is 0.939. The van der Waals surface area contributed by atoms with Crippen LogP contribution in [0.25, 0.3) is 11.3 Å². The molecular formula is C17H18ClN3O2. The molecule has 120 valence electrons. The van der Waals surface area contributed by atoms with Crippen molar-refractivity contribution < 1.29 is 9.21 Å². The van der Waals surface area contributed by atoms with Gasteiger partial charge in [0.25, 0.3) is 5.89 Å². The molecule has 0 saturated carbocycles. The molecule has 3 heterocycles. The summed E-state index contributed by atoms with van der Waals surface area (Å²) in [6, 6.07) is 7.48. The third-order valence-electron chi connectivity index (χ3n) is 4.61. The SMILES string of the molecule is O=C(NC1CC2CCN(C2)C1)c1ncc(-c2cccc(Cl)c2)o1. The normalized spacial score (nSPS) is 26.2. The lowest BCUT2D eigenvalue weighted by Crippen LogP contribution is -2.47. The smallest absolute Gasteiger partial charge is 0.307 e. The van der Waals surface area contributed by atoms with Crippen molar-refractivity contribution in [2.75, 3.05) is 19.6 Å². The molecule has 4 rings (SSSR count). The molecule has 2 saturated heterocycles. The first-order chi connectivity index (χ1) is 11.2. The third-order valence-corrected chi connectivity index (χ3v) is 4.85. The van der Waals surface area contributed by atoms with E-state index in [2.05, 4.69) is 15.2 Å². The maximum atomic E-state index is 12.3. The van der Waals surface area contributed by atoms with Crippen LogP contribution < -0.4 is 5.32 Å². The number of hydrogen-bond donors (Lipinski definition) is 1. The lowest BCUT2D eigenvalue weighted by molar-refractivity contribution is 0.0875. The van der Waals surface area contributed by atoms with Crippen molar-refractivity contribution in [1.82, 2.24) is 15.2 Å². The van der Waals surface area contributed by atoms with E-state index < -0.39 is 0 Å². The van der Waals surface area contributed by atoms with Gasteiger partial charge in [0.2, 0.25) is 0 Å². The van der Waals surface area contributed by atoms with E-state index in [0.717, 1.165) is 25.1 Å². The number of carbonyl (C=O) groups excluding carboxylic acids is 1. The van der Waals surface area contributed by atoms with Crippen LogP contribution in [-0.2, 0) is 0 Å². The molecule has 3 unspecified atom stereocenters. The Labute approximate surface area is 139 Å². The lowest BCUT2D eigenvalue weighted by Gasteiger charge is -2.30. The molecule has 23 heavy (non-hydrogen) atoms.